The minimum Gasteiger partial charge on any atom is -0.262 e. The fourth-order valence-corrected chi connectivity index (χ4v) is 2.13. The van der Waals surface area contributed by atoms with E-state index in [2.05, 4.69) is 20.2 Å². The van der Waals surface area contributed by atoms with E-state index in [9.17, 15) is 4.39 Å². The van der Waals surface area contributed by atoms with Gasteiger partial charge >= 0.3 is 0 Å². The average Bonchev–Trinajstić information content (AvgIpc) is 3.00. The first-order valence-electron chi connectivity index (χ1n) is 4.91. The standard InChI is InChI=1S/C11H7FN4S/c12-8-6-13-4-3-7(8)10-14-11(16-15-10)9-2-1-5-17-9/h1-6H,(H,14,15,16). The zero-order valence-electron chi connectivity index (χ0n) is 8.59. The van der Waals surface area contributed by atoms with Gasteiger partial charge < -0.3 is 0 Å². The van der Waals surface area contributed by atoms with Gasteiger partial charge in [0, 0.05) is 6.20 Å². The molecule has 1 N–H and O–H groups in total. The van der Waals surface area contributed by atoms with Crippen molar-refractivity contribution < 1.29 is 4.39 Å². The molecule has 0 aliphatic heterocycles. The van der Waals surface area contributed by atoms with Crippen molar-refractivity contribution in [3.63, 3.8) is 0 Å². The number of nitrogens with one attached hydrogen (secondary N) is 1. The molecule has 3 rings (SSSR count). The highest BCUT2D eigenvalue weighted by Gasteiger charge is 2.11. The molecular weight excluding hydrogens is 239 g/mol. The zero-order chi connectivity index (χ0) is 11.7. The first-order chi connectivity index (χ1) is 8.34. The van der Waals surface area contributed by atoms with Gasteiger partial charge in [-0.1, -0.05) is 6.07 Å². The topological polar surface area (TPSA) is 54.5 Å². The van der Waals surface area contributed by atoms with Crippen molar-refractivity contribution in [2.45, 2.75) is 0 Å². The van der Waals surface area contributed by atoms with Crippen LogP contribution in [0.4, 0.5) is 4.39 Å². The Morgan fingerprint density at radius 3 is 3.00 bits per heavy atom. The molecule has 4 nitrogen and oxygen atoms in total. The monoisotopic (exact) mass is 246 g/mol. The van der Waals surface area contributed by atoms with Crippen LogP contribution in [0.25, 0.3) is 22.1 Å². The van der Waals surface area contributed by atoms with Gasteiger partial charge in [0.2, 0.25) is 0 Å². The van der Waals surface area contributed by atoms with Crippen molar-refractivity contribution in [1.29, 1.82) is 0 Å². The molecule has 6 heteroatoms. The number of pyridine rings is 1. The van der Waals surface area contributed by atoms with Crippen molar-refractivity contribution >= 4 is 11.3 Å². The second-order valence-electron chi connectivity index (χ2n) is 3.34. The number of halogens is 1. The van der Waals surface area contributed by atoms with Crippen molar-refractivity contribution in [2.75, 3.05) is 0 Å². The van der Waals surface area contributed by atoms with Gasteiger partial charge in [0.25, 0.3) is 0 Å². The van der Waals surface area contributed by atoms with E-state index in [4.69, 9.17) is 0 Å². The van der Waals surface area contributed by atoms with Crippen LogP contribution in [0.2, 0.25) is 0 Å². The SMILES string of the molecule is Fc1cnccc1-c1n[nH]c(-c2cccs2)n1. The minimum absolute atomic E-state index is 0.341. The van der Waals surface area contributed by atoms with Gasteiger partial charge in [0.1, 0.15) is 0 Å². The number of nitrogens with zero attached hydrogens (tertiary/aromatic N) is 3. The van der Waals surface area contributed by atoms with Crippen molar-refractivity contribution in [3.05, 3.63) is 41.8 Å². The lowest BCUT2D eigenvalue weighted by atomic mass is 10.2. The normalized spacial score (nSPS) is 10.6. The van der Waals surface area contributed by atoms with Gasteiger partial charge in [0.05, 0.1) is 16.6 Å². The molecule has 3 aromatic heterocycles. The number of hydrogen-bond acceptors (Lipinski definition) is 4. The van der Waals surface area contributed by atoms with Gasteiger partial charge in [-0.15, -0.1) is 11.3 Å². The average molecular weight is 246 g/mol. The van der Waals surface area contributed by atoms with Crippen LogP contribution in [0, 0.1) is 5.82 Å². The first kappa shape index (κ1) is 10.1. The second kappa shape index (κ2) is 4.06. The summed E-state index contributed by atoms with van der Waals surface area (Å²) in [6.07, 6.45) is 2.66. The minimum atomic E-state index is -0.427. The Balaban J connectivity index is 2.04. The molecule has 0 saturated carbocycles. The molecule has 0 aliphatic carbocycles. The summed E-state index contributed by atoms with van der Waals surface area (Å²) in [4.78, 5) is 8.92. The lowest BCUT2D eigenvalue weighted by Crippen LogP contribution is -1.87. The van der Waals surface area contributed by atoms with Crippen LogP contribution in [-0.2, 0) is 0 Å². The highest BCUT2D eigenvalue weighted by Crippen LogP contribution is 2.24. The highest BCUT2D eigenvalue weighted by molar-refractivity contribution is 7.13. The lowest BCUT2D eigenvalue weighted by Gasteiger charge is -1.94. The van der Waals surface area contributed by atoms with Crippen LogP contribution in [0.5, 0.6) is 0 Å². The lowest BCUT2D eigenvalue weighted by molar-refractivity contribution is 0.623. The number of H-pyrrole nitrogens is 1. The van der Waals surface area contributed by atoms with E-state index >= 15 is 0 Å². The molecule has 0 saturated heterocycles. The third-order valence-corrected chi connectivity index (χ3v) is 3.13. The molecule has 0 aliphatic rings. The molecule has 17 heavy (non-hydrogen) atoms. The fraction of sp³-hybridized carbons (Fsp3) is 0. The smallest absolute Gasteiger partial charge is 0.184 e. The summed E-state index contributed by atoms with van der Waals surface area (Å²) in [5, 5.41) is 8.75. The quantitative estimate of drug-likeness (QED) is 0.756. The summed E-state index contributed by atoms with van der Waals surface area (Å²) >= 11 is 1.55. The number of aromatic nitrogens is 4. The van der Waals surface area contributed by atoms with Gasteiger partial charge in [-0.25, -0.2) is 9.37 Å². The third kappa shape index (κ3) is 1.83. The molecule has 3 heterocycles. The Morgan fingerprint density at radius 1 is 1.29 bits per heavy atom. The van der Waals surface area contributed by atoms with Gasteiger partial charge in [-0.3, -0.25) is 10.1 Å². The summed E-state index contributed by atoms with van der Waals surface area (Å²) < 4.78 is 13.5. The Hall–Kier alpha value is -2.08. The number of hydrogen-bond donors (Lipinski definition) is 1. The zero-order valence-corrected chi connectivity index (χ0v) is 9.41. The van der Waals surface area contributed by atoms with E-state index in [1.165, 1.54) is 6.20 Å². The molecule has 0 aromatic carbocycles. The molecule has 0 unspecified atom stereocenters. The summed E-state index contributed by atoms with van der Waals surface area (Å²) in [6, 6.07) is 5.41. The van der Waals surface area contributed by atoms with Crippen LogP contribution >= 0.6 is 11.3 Å². The third-order valence-electron chi connectivity index (χ3n) is 2.25. The predicted molar refractivity (Wildman–Crippen MR) is 62.9 cm³/mol. The van der Waals surface area contributed by atoms with Crippen molar-refractivity contribution in [3.8, 4) is 22.1 Å². The summed E-state index contributed by atoms with van der Waals surface area (Å²) in [6.45, 7) is 0. The molecule has 0 spiro atoms. The highest BCUT2D eigenvalue weighted by atomic mass is 32.1. The summed E-state index contributed by atoms with van der Waals surface area (Å²) in [7, 11) is 0. The molecule has 3 aromatic rings. The van der Waals surface area contributed by atoms with Crippen LogP contribution < -0.4 is 0 Å². The van der Waals surface area contributed by atoms with Crippen molar-refractivity contribution in [2.24, 2.45) is 0 Å². The predicted octanol–water partition coefficient (Wildman–Crippen LogP) is 2.73. The van der Waals surface area contributed by atoms with Gasteiger partial charge in [-0.2, -0.15) is 5.10 Å². The summed E-state index contributed by atoms with van der Waals surface area (Å²) in [5.41, 5.74) is 0.346. The Labute approximate surface area is 100 Å². The number of rotatable bonds is 2. The molecule has 0 fully saturated rings. The maximum atomic E-state index is 13.5. The Morgan fingerprint density at radius 2 is 2.24 bits per heavy atom. The molecule has 0 atom stereocenters. The molecule has 0 radical (unpaired) electrons. The van der Waals surface area contributed by atoms with Gasteiger partial charge in [0.15, 0.2) is 17.5 Å². The van der Waals surface area contributed by atoms with Gasteiger partial charge in [-0.05, 0) is 17.5 Å². The van der Waals surface area contributed by atoms with Crippen molar-refractivity contribution in [1.82, 2.24) is 20.2 Å². The largest absolute Gasteiger partial charge is 0.262 e. The fourth-order valence-electron chi connectivity index (χ4n) is 1.46. The maximum absolute atomic E-state index is 13.5. The van der Waals surface area contributed by atoms with E-state index < -0.39 is 5.82 Å². The first-order valence-corrected chi connectivity index (χ1v) is 5.79. The van der Waals surface area contributed by atoms with E-state index in [0.717, 1.165) is 11.1 Å². The van der Waals surface area contributed by atoms with E-state index in [0.29, 0.717) is 17.2 Å². The maximum Gasteiger partial charge on any atom is 0.184 e. The van der Waals surface area contributed by atoms with Crippen LogP contribution in [0.3, 0.4) is 0 Å². The summed E-state index contributed by atoms with van der Waals surface area (Å²) in [5.74, 6) is 0.559. The van der Waals surface area contributed by atoms with E-state index in [-0.39, 0.29) is 0 Å². The van der Waals surface area contributed by atoms with E-state index in [1.54, 1.807) is 17.4 Å². The second-order valence-corrected chi connectivity index (χ2v) is 4.29. The van der Waals surface area contributed by atoms with Crippen LogP contribution in [0.1, 0.15) is 0 Å². The number of aromatic amines is 1. The number of thiophene rings is 1. The Bertz CT molecular complexity index is 632. The molecular formula is C11H7FN4S. The molecule has 0 bridgehead atoms. The molecule has 0 amide bonds. The van der Waals surface area contributed by atoms with Crippen LogP contribution in [-0.4, -0.2) is 20.2 Å². The van der Waals surface area contributed by atoms with Crippen LogP contribution in [0.15, 0.2) is 36.0 Å². The Kier molecular flexibility index (Phi) is 2.41. The van der Waals surface area contributed by atoms with E-state index in [1.807, 2.05) is 17.5 Å². The molecule has 84 valence electrons.